The molecule has 16 heavy (non-hydrogen) atoms. The number of rotatable bonds is 2. The molecule has 1 amide bonds. The molecule has 1 aromatic rings. The first-order chi connectivity index (χ1) is 7.79. The lowest BCUT2D eigenvalue weighted by molar-refractivity contribution is 0.0941. The maximum Gasteiger partial charge on any atom is 0.251 e. The van der Waals surface area contributed by atoms with E-state index in [0.717, 1.165) is 17.9 Å². The zero-order chi connectivity index (χ0) is 11.4. The van der Waals surface area contributed by atoms with Gasteiger partial charge in [0.25, 0.3) is 5.91 Å². The quantitative estimate of drug-likeness (QED) is 0.845. The molecule has 0 saturated carbocycles. The Kier molecular flexibility index (Phi) is 3.47. The summed E-state index contributed by atoms with van der Waals surface area (Å²) in [7, 11) is 0. The minimum atomic E-state index is -0.0445. The Morgan fingerprint density at radius 2 is 2.19 bits per heavy atom. The fourth-order valence-electron chi connectivity index (χ4n) is 1.61. The molecule has 2 rings (SSSR count). The van der Waals surface area contributed by atoms with E-state index in [-0.39, 0.29) is 5.91 Å². The van der Waals surface area contributed by atoms with Gasteiger partial charge >= 0.3 is 0 Å². The Balaban J connectivity index is 2.00. The van der Waals surface area contributed by atoms with E-state index in [4.69, 9.17) is 5.26 Å². The summed E-state index contributed by atoms with van der Waals surface area (Å²) in [5.41, 5.74) is 1.20. The molecule has 0 aliphatic carbocycles. The molecule has 1 atom stereocenters. The van der Waals surface area contributed by atoms with Gasteiger partial charge in [-0.2, -0.15) is 17.0 Å². The van der Waals surface area contributed by atoms with E-state index >= 15 is 0 Å². The summed E-state index contributed by atoms with van der Waals surface area (Å²) < 4.78 is 0. The van der Waals surface area contributed by atoms with E-state index in [1.165, 1.54) is 0 Å². The van der Waals surface area contributed by atoms with Crippen molar-refractivity contribution in [3.05, 3.63) is 35.4 Å². The summed E-state index contributed by atoms with van der Waals surface area (Å²) in [6.07, 6.45) is 1.05. The number of nitrogens with zero attached hydrogens (tertiary/aromatic N) is 1. The Hall–Kier alpha value is -1.47. The summed E-state index contributed by atoms with van der Waals surface area (Å²) in [5, 5.41) is 11.6. The van der Waals surface area contributed by atoms with Gasteiger partial charge in [-0.3, -0.25) is 4.79 Å². The number of carbonyl (C=O) groups excluding carboxylic acids is 1. The highest BCUT2D eigenvalue weighted by molar-refractivity contribution is 7.99. The van der Waals surface area contributed by atoms with E-state index in [0.29, 0.717) is 17.2 Å². The number of thioether (sulfide) groups is 1. The molecule has 0 aromatic heterocycles. The van der Waals surface area contributed by atoms with E-state index in [2.05, 4.69) is 5.32 Å². The summed E-state index contributed by atoms with van der Waals surface area (Å²) in [6, 6.07) is 9.04. The van der Waals surface area contributed by atoms with Crippen LogP contribution in [0.25, 0.3) is 0 Å². The zero-order valence-electron chi connectivity index (χ0n) is 8.77. The molecule has 1 aromatic carbocycles. The van der Waals surface area contributed by atoms with Crippen LogP contribution in [0.15, 0.2) is 24.3 Å². The summed E-state index contributed by atoms with van der Waals surface area (Å²) in [5.74, 6) is 2.08. The van der Waals surface area contributed by atoms with Gasteiger partial charge in [0.15, 0.2) is 0 Å². The fourth-order valence-corrected chi connectivity index (χ4v) is 2.77. The molecule has 1 unspecified atom stereocenters. The Bertz CT molecular complexity index is 416. The van der Waals surface area contributed by atoms with Crippen LogP contribution in [-0.2, 0) is 0 Å². The zero-order valence-corrected chi connectivity index (χ0v) is 9.59. The number of hydrogen-bond donors (Lipinski definition) is 1. The molecular weight excluding hydrogens is 220 g/mol. The van der Waals surface area contributed by atoms with Gasteiger partial charge in [0.05, 0.1) is 11.6 Å². The van der Waals surface area contributed by atoms with Crippen molar-refractivity contribution in [2.75, 3.05) is 11.5 Å². The fraction of sp³-hybridized carbons (Fsp3) is 0.333. The molecule has 0 radical (unpaired) electrons. The van der Waals surface area contributed by atoms with Gasteiger partial charge in [-0.1, -0.05) is 0 Å². The first-order valence-corrected chi connectivity index (χ1v) is 6.34. The second-order valence-corrected chi connectivity index (χ2v) is 4.87. The maximum absolute atomic E-state index is 11.8. The van der Waals surface area contributed by atoms with Crippen molar-refractivity contribution in [3.8, 4) is 6.07 Å². The van der Waals surface area contributed by atoms with Crippen molar-refractivity contribution in [3.63, 3.8) is 0 Å². The second kappa shape index (κ2) is 5.04. The third kappa shape index (κ3) is 2.56. The average molecular weight is 232 g/mol. The van der Waals surface area contributed by atoms with Crippen LogP contribution in [-0.4, -0.2) is 23.5 Å². The number of amides is 1. The summed E-state index contributed by atoms with van der Waals surface area (Å²) >= 11 is 1.87. The number of carbonyl (C=O) groups is 1. The topological polar surface area (TPSA) is 52.9 Å². The SMILES string of the molecule is N#Cc1ccc(C(=O)NC2CCSC2)cc1. The maximum atomic E-state index is 11.8. The number of nitriles is 1. The van der Waals surface area contributed by atoms with Gasteiger partial charge < -0.3 is 5.32 Å². The van der Waals surface area contributed by atoms with Crippen molar-refractivity contribution in [1.29, 1.82) is 5.26 Å². The predicted octanol–water partition coefficient (Wildman–Crippen LogP) is 1.79. The normalized spacial score (nSPS) is 19.1. The highest BCUT2D eigenvalue weighted by Crippen LogP contribution is 2.17. The Morgan fingerprint density at radius 1 is 1.44 bits per heavy atom. The molecule has 1 heterocycles. The first-order valence-electron chi connectivity index (χ1n) is 5.18. The van der Waals surface area contributed by atoms with E-state index in [1.54, 1.807) is 24.3 Å². The van der Waals surface area contributed by atoms with Gasteiger partial charge in [-0.25, -0.2) is 0 Å². The molecule has 0 bridgehead atoms. The molecule has 1 fully saturated rings. The van der Waals surface area contributed by atoms with Crippen LogP contribution in [0.1, 0.15) is 22.3 Å². The number of nitrogens with one attached hydrogen (secondary N) is 1. The third-order valence-corrected chi connectivity index (χ3v) is 3.70. The van der Waals surface area contributed by atoms with Crippen LogP contribution < -0.4 is 5.32 Å². The Labute approximate surface area is 98.8 Å². The van der Waals surface area contributed by atoms with Gasteiger partial charge in [0.1, 0.15) is 0 Å². The van der Waals surface area contributed by atoms with Gasteiger partial charge in [0, 0.05) is 17.4 Å². The van der Waals surface area contributed by atoms with E-state index < -0.39 is 0 Å². The average Bonchev–Trinajstić information content (AvgIpc) is 2.82. The Morgan fingerprint density at radius 3 is 2.75 bits per heavy atom. The molecule has 4 heteroatoms. The molecule has 82 valence electrons. The van der Waals surface area contributed by atoms with Crippen LogP contribution in [0, 0.1) is 11.3 Å². The van der Waals surface area contributed by atoms with Crippen LogP contribution in [0.5, 0.6) is 0 Å². The summed E-state index contributed by atoms with van der Waals surface area (Å²) in [6.45, 7) is 0. The van der Waals surface area contributed by atoms with Crippen molar-refractivity contribution in [2.24, 2.45) is 0 Å². The second-order valence-electron chi connectivity index (χ2n) is 3.72. The molecular formula is C12H12N2OS. The molecule has 1 N–H and O–H groups in total. The third-order valence-electron chi connectivity index (χ3n) is 2.54. The lowest BCUT2D eigenvalue weighted by Crippen LogP contribution is -2.34. The van der Waals surface area contributed by atoms with Gasteiger partial charge in [0.2, 0.25) is 0 Å². The minimum absolute atomic E-state index is 0.0445. The largest absolute Gasteiger partial charge is 0.348 e. The van der Waals surface area contributed by atoms with Gasteiger partial charge in [-0.15, -0.1) is 0 Å². The number of benzene rings is 1. The first kappa shape index (κ1) is 11.0. The minimum Gasteiger partial charge on any atom is -0.348 e. The van der Waals surface area contributed by atoms with E-state index in [1.807, 2.05) is 17.8 Å². The van der Waals surface area contributed by atoms with Crippen LogP contribution in [0.4, 0.5) is 0 Å². The van der Waals surface area contributed by atoms with Crippen molar-refractivity contribution < 1.29 is 4.79 Å². The van der Waals surface area contributed by atoms with Crippen molar-refractivity contribution in [2.45, 2.75) is 12.5 Å². The van der Waals surface area contributed by atoms with Gasteiger partial charge in [-0.05, 0) is 36.4 Å². The highest BCUT2D eigenvalue weighted by atomic mass is 32.2. The van der Waals surface area contributed by atoms with Crippen LogP contribution in [0.2, 0.25) is 0 Å². The molecule has 3 nitrogen and oxygen atoms in total. The molecule has 1 aliphatic rings. The molecule has 0 spiro atoms. The monoisotopic (exact) mass is 232 g/mol. The smallest absolute Gasteiger partial charge is 0.251 e. The van der Waals surface area contributed by atoms with E-state index in [9.17, 15) is 4.79 Å². The van der Waals surface area contributed by atoms with Crippen molar-refractivity contribution >= 4 is 17.7 Å². The summed E-state index contributed by atoms with van der Waals surface area (Å²) in [4.78, 5) is 11.8. The van der Waals surface area contributed by atoms with Crippen LogP contribution in [0.3, 0.4) is 0 Å². The number of hydrogen-bond acceptors (Lipinski definition) is 3. The van der Waals surface area contributed by atoms with Crippen molar-refractivity contribution in [1.82, 2.24) is 5.32 Å². The lowest BCUT2D eigenvalue weighted by Gasteiger charge is -2.10. The standard InChI is InChI=1S/C12H12N2OS/c13-7-9-1-3-10(4-2-9)12(15)14-11-5-6-16-8-11/h1-4,11H,5-6,8H2,(H,14,15). The van der Waals surface area contributed by atoms with Crippen LogP contribution >= 0.6 is 11.8 Å². The molecule has 1 aliphatic heterocycles. The predicted molar refractivity (Wildman–Crippen MR) is 64.4 cm³/mol. The lowest BCUT2D eigenvalue weighted by atomic mass is 10.1. The highest BCUT2D eigenvalue weighted by Gasteiger charge is 2.18. The molecule has 1 saturated heterocycles.